The lowest BCUT2D eigenvalue weighted by Gasteiger charge is -2.22. The first kappa shape index (κ1) is 13.1. The van der Waals surface area contributed by atoms with Gasteiger partial charge in [-0.1, -0.05) is 23.7 Å². The number of aromatic nitrogens is 1. The van der Waals surface area contributed by atoms with Crippen LogP contribution < -0.4 is 0 Å². The highest BCUT2D eigenvalue weighted by atomic mass is 35.5. The van der Waals surface area contributed by atoms with E-state index in [1.165, 1.54) is 0 Å². The molecule has 1 saturated carbocycles. The maximum absolute atomic E-state index is 12.6. The van der Waals surface area contributed by atoms with Crippen molar-refractivity contribution >= 4 is 17.5 Å². The third kappa shape index (κ3) is 2.99. The molecule has 0 spiro atoms. The van der Waals surface area contributed by atoms with Gasteiger partial charge in [-0.3, -0.25) is 9.78 Å². The molecule has 0 N–H and O–H groups in total. The Labute approximate surface area is 123 Å². The van der Waals surface area contributed by atoms with Gasteiger partial charge in [0.15, 0.2) is 0 Å². The van der Waals surface area contributed by atoms with E-state index in [-0.39, 0.29) is 5.91 Å². The van der Waals surface area contributed by atoms with Crippen LogP contribution in [0.1, 0.15) is 28.8 Å². The van der Waals surface area contributed by atoms with Crippen molar-refractivity contribution in [3.05, 3.63) is 64.9 Å². The van der Waals surface area contributed by atoms with Gasteiger partial charge in [-0.15, -0.1) is 0 Å². The summed E-state index contributed by atoms with van der Waals surface area (Å²) >= 11 is 5.97. The molecule has 2 aromatic rings. The fourth-order valence-corrected chi connectivity index (χ4v) is 2.42. The third-order valence-corrected chi connectivity index (χ3v) is 3.63. The summed E-state index contributed by atoms with van der Waals surface area (Å²) in [6.07, 6.45) is 5.70. The number of amides is 1. The normalized spacial score (nSPS) is 14.1. The second kappa shape index (κ2) is 5.63. The first-order valence-corrected chi connectivity index (χ1v) is 7.07. The molecule has 1 aromatic carbocycles. The molecule has 0 atom stereocenters. The average Bonchev–Trinajstić information content (AvgIpc) is 3.30. The number of nitrogens with zero attached hydrogens (tertiary/aromatic N) is 2. The minimum Gasteiger partial charge on any atom is -0.331 e. The Morgan fingerprint density at radius 3 is 2.80 bits per heavy atom. The molecule has 3 nitrogen and oxygen atoms in total. The summed E-state index contributed by atoms with van der Waals surface area (Å²) in [4.78, 5) is 18.7. The van der Waals surface area contributed by atoms with E-state index in [1.54, 1.807) is 24.5 Å². The molecule has 102 valence electrons. The first-order chi connectivity index (χ1) is 9.74. The van der Waals surface area contributed by atoms with Crippen molar-refractivity contribution in [3.63, 3.8) is 0 Å². The molecule has 3 rings (SSSR count). The van der Waals surface area contributed by atoms with E-state index in [9.17, 15) is 4.79 Å². The zero-order valence-corrected chi connectivity index (χ0v) is 11.8. The monoisotopic (exact) mass is 286 g/mol. The van der Waals surface area contributed by atoms with Crippen LogP contribution >= 0.6 is 11.6 Å². The predicted octanol–water partition coefficient (Wildman–Crippen LogP) is 3.54. The average molecular weight is 287 g/mol. The molecule has 0 aliphatic heterocycles. The number of rotatable bonds is 4. The van der Waals surface area contributed by atoms with E-state index in [0.717, 1.165) is 18.4 Å². The van der Waals surface area contributed by atoms with Crippen molar-refractivity contribution < 1.29 is 4.79 Å². The number of pyridine rings is 1. The topological polar surface area (TPSA) is 33.2 Å². The van der Waals surface area contributed by atoms with Crippen molar-refractivity contribution in [1.82, 2.24) is 9.88 Å². The Morgan fingerprint density at radius 2 is 2.15 bits per heavy atom. The molecular weight excluding hydrogens is 272 g/mol. The highest BCUT2D eigenvalue weighted by molar-refractivity contribution is 6.30. The highest BCUT2D eigenvalue weighted by Crippen LogP contribution is 2.30. The fourth-order valence-electron chi connectivity index (χ4n) is 2.23. The van der Waals surface area contributed by atoms with Crippen LogP contribution in [-0.4, -0.2) is 21.8 Å². The van der Waals surface area contributed by atoms with Gasteiger partial charge in [-0.05, 0) is 42.7 Å². The van der Waals surface area contributed by atoms with E-state index in [1.807, 2.05) is 29.2 Å². The van der Waals surface area contributed by atoms with Gasteiger partial charge in [-0.25, -0.2) is 0 Å². The maximum Gasteiger partial charge on any atom is 0.254 e. The van der Waals surface area contributed by atoms with Gasteiger partial charge in [0.1, 0.15) is 0 Å². The molecule has 0 radical (unpaired) electrons. The minimum atomic E-state index is 0.0406. The van der Waals surface area contributed by atoms with E-state index < -0.39 is 0 Å². The second-order valence-electron chi connectivity index (χ2n) is 5.04. The first-order valence-electron chi connectivity index (χ1n) is 6.69. The molecule has 1 aliphatic carbocycles. The third-order valence-electron chi connectivity index (χ3n) is 3.40. The summed E-state index contributed by atoms with van der Waals surface area (Å²) in [5.41, 5.74) is 1.70. The van der Waals surface area contributed by atoms with Crippen LogP contribution in [0, 0.1) is 0 Å². The van der Waals surface area contributed by atoms with Gasteiger partial charge in [0.05, 0.1) is 0 Å². The Hall–Kier alpha value is -1.87. The smallest absolute Gasteiger partial charge is 0.254 e. The maximum atomic E-state index is 12.6. The molecular formula is C16H15ClN2O. The second-order valence-corrected chi connectivity index (χ2v) is 5.47. The SMILES string of the molecule is O=C(c1cccc(Cl)c1)N(Cc1cccnc1)C1CC1. The van der Waals surface area contributed by atoms with Gasteiger partial charge >= 0.3 is 0 Å². The van der Waals surface area contributed by atoms with Gasteiger partial charge in [-0.2, -0.15) is 0 Å². The summed E-state index contributed by atoms with van der Waals surface area (Å²) in [6, 6.07) is 11.4. The lowest BCUT2D eigenvalue weighted by molar-refractivity contribution is 0.0730. The van der Waals surface area contributed by atoms with Crippen molar-refractivity contribution in [3.8, 4) is 0 Å². The molecule has 1 amide bonds. The van der Waals surface area contributed by atoms with Crippen LogP contribution in [0.25, 0.3) is 0 Å². The lowest BCUT2D eigenvalue weighted by Crippen LogP contribution is -2.32. The minimum absolute atomic E-state index is 0.0406. The van der Waals surface area contributed by atoms with Crippen molar-refractivity contribution in [2.24, 2.45) is 0 Å². The van der Waals surface area contributed by atoms with Crippen LogP contribution in [0.4, 0.5) is 0 Å². The standard InChI is InChI=1S/C16H15ClN2O/c17-14-5-1-4-13(9-14)16(20)19(15-6-7-15)11-12-3-2-8-18-10-12/h1-5,8-10,15H,6-7,11H2. The molecule has 1 aliphatic rings. The summed E-state index contributed by atoms with van der Waals surface area (Å²) < 4.78 is 0. The molecule has 1 heterocycles. The Balaban J connectivity index is 1.82. The molecule has 0 saturated heterocycles. The van der Waals surface area contributed by atoms with Crippen LogP contribution in [-0.2, 0) is 6.54 Å². The molecule has 0 bridgehead atoms. The number of carbonyl (C=O) groups excluding carboxylic acids is 1. The van der Waals surface area contributed by atoms with E-state index in [0.29, 0.717) is 23.2 Å². The van der Waals surface area contributed by atoms with E-state index in [4.69, 9.17) is 11.6 Å². The number of hydrogen-bond acceptors (Lipinski definition) is 2. The largest absolute Gasteiger partial charge is 0.331 e. The van der Waals surface area contributed by atoms with Gasteiger partial charge in [0.25, 0.3) is 5.91 Å². The fraction of sp³-hybridized carbons (Fsp3) is 0.250. The number of hydrogen-bond donors (Lipinski definition) is 0. The summed E-state index contributed by atoms with van der Waals surface area (Å²) in [6.45, 7) is 0.601. The van der Waals surface area contributed by atoms with Crippen LogP contribution in [0.3, 0.4) is 0 Å². The van der Waals surface area contributed by atoms with E-state index >= 15 is 0 Å². The Kier molecular flexibility index (Phi) is 3.70. The van der Waals surface area contributed by atoms with Gasteiger partial charge in [0.2, 0.25) is 0 Å². The summed E-state index contributed by atoms with van der Waals surface area (Å²) in [5, 5.41) is 0.591. The molecule has 0 unspecified atom stereocenters. The molecule has 1 aromatic heterocycles. The van der Waals surface area contributed by atoms with Gasteiger partial charge < -0.3 is 4.90 Å². The number of halogens is 1. The molecule has 1 fully saturated rings. The summed E-state index contributed by atoms with van der Waals surface area (Å²) in [7, 11) is 0. The zero-order chi connectivity index (χ0) is 13.9. The highest BCUT2D eigenvalue weighted by Gasteiger charge is 2.33. The summed E-state index contributed by atoms with van der Waals surface area (Å²) in [5.74, 6) is 0.0406. The van der Waals surface area contributed by atoms with Crippen molar-refractivity contribution in [1.29, 1.82) is 0 Å². The number of benzene rings is 1. The molecule has 20 heavy (non-hydrogen) atoms. The van der Waals surface area contributed by atoms with Gasteiger partial charge in [0, 0.05) is 35.6 Å². The van der Waals surface area contributed by atoms with Crippen molar-refractivity contribution in [2.75, 3.05) is 0 Å². The van der Waals surface area contributed by atoms with Crippen LogP contribution in [0.5, 0.6) is 0 Å². The predicted molar refractivity (Wildman–Crippen MR) is 78.6 cm³/mol. The number of carbonyl (C=O) groups is 1. The Morgan fingerprint density at radius 1 is 1.30 bits per heavy atom. The quantitative estimate of drug-likeness (QED) is 0.861. The van der Waals surface area contributed by atoms with Crippen LogP contribution in [0.2, 0.25) is 5.02 Å². The molecule has 4 heteroatoms. The Bertz CT molecular complexity index is 611. The lowest BCUT2D eigenvalue weighted by atomic mass is 10.1. The van der Waals surface area contributed by atoms with Crippen LogP contribution in [0.15, 0.2) is 48.8 Å². The van der Waals surface area contributed by atoms with E-state index in [2.05, 4.69) is 4.98 Å². The van der Waals surface area contributed by atoms with Crippen molar-refractivity contribution in [2.45, 2.75) is 25.4 Å². The zero-order valence-electron chi connectivity index (χ0n) is 11.0.